The SMILES string of the molecule is CCNc1cc(OCCOC)nc(C2CCCO2)n1. The normalized spacial score (nSPS) is 18.5. The summed E-state index contributed by atoms with van der Waals surface area (Å²) in [5, 5.41) is 3.18. The van der Waals surface area contributed by atoms with E-state index in [4.69, 9.17) is 14.2 Å². The molecule has 1 fully saturated rings. The molecule has 6 nitrogen and oxygen atoms in total. The Kier molecular flexibility index (Phi) is 5.35. The number of hydrogen-bond donors (Lipinski definition) is 1. The predicted molar refractivity (Wildman–Crippen MR) is 71.5 cm³/mol. The van der Waals surface area contributed by atoms with Crippen molar-refractivity contribution in [2.45, 2.75) is 25.9 Å². The predicted octanol–water partition coefficient (Wildman–Crippen LogP) is 1.79. The average molecular weight is 267 g/mol. The minimum atomic E-state index is -0.0108. The zero-order valence-corrected chi connectivity index (χ0v) is 11.5. The number of anilines is 1. The third kappa shape index (κ3) is 4.04. The van der Waals surface area contributed by atoms with Gasteiger partial charge in [-0.2, -0.15) is 4.98 Å². The molecule has 6 heteroatoms. The highest BCUT2D eigenvalue weighted by Crippen LogP contribution is 2.28. The number of rotatable bonds is 7. The van der Waals surface area contributed by atoms with E-state index in [1.54, 1.807) is 13.2 Å². The summed E-state index contributed by atoms with van der Waals surface area (Å²) in [6, 6.07) is 1.80. The van der Waals surface area contributed by atoms with Crippen LogP contribution in [0.5, 0.6) is 5.88 Å². The van der Waals surface area contributed by atoms with Gasteiger partial charge >= 0.3 is 0 Å². The molecule has 0 amide bonds. The molecule has 2 rings (SSSR count). The van der Waals surface area contributed by atoms with Gasteiger partial charge < -0.3 is 19.5 Å². The quantitative estimate of drug-likeness (QED) is 0.760. The van der Waals surface area contributed by atoms with Crippen LogP contribution < -0.4 is 10.1 Å². The average Bonchev–Trinajstić information content (AvgIpc) is 2.93. The van der Waals surface area contributed by atoms with Crippen molar-refractivity contribution in [3.63, 3.8) is 0 Å². The summed E-state index contributed by atoms with van der Waals surface area (Å²) in [7, 11) is 1.64. The Balaban J connectivity index is 2.11. The molecule has 0 aromatic carbocycles. The maximum absolute atomic E-state index is 5.62. The van der Waals surface area contributed by atoms with Gasteiger partial charge in [0.05, 0.1) is 6.61 Å². The van der Waals surface area contributed by atoms with E-state index in [0.29, 0.717) is 24.9 Å². The van der Waals surface area contributed by atoms with Crippen molar-refractivity contribution in [1.82, 2.24) is 9.97 Å². The van der Waals surface area contributed by atoms with Crippen LogP contribution in [0, 0.1) is 0 Å². The number of ether oxygens (including phenoxy) is 3. The maximum atomic E-state index is 5.62. The lowest BCUT2D eigenvalue weighted by molar-refractivity contribution is 0.103. The standard InChI is InChI=1S/C13H21N3O3/c1-3-14-11-9-12(19-8-7-17-2)16-13(15-11)10-5-4-6-18-10/h9-10H,3-8H2,1-2H3,(H,14,15,16). The zero-order valence-electron chi connectivity index (χ0n) is 11.5. The molecule has 0 saturated carbocycles. The summed E-state index contributed by atoms with van der Waals surface area (Å²) in [4.78, 5) is 8.89. The lowest BCUT2D eigenvalue weighted by Crippen LogP contribution is -2.11. The van der Waals surface area contributed by atoms with Crippen molar-refractivity contribution in [2.24, 2.45) is 0 Å². The highest BCUT2D eigenvalue weighted by Gasteiger charge is 2.22. The third-order valence-corrected chi connectivity index (χ3v) is 2.83. The summed E-state index contributed by atoms with van der Waals surface area (Å²) in [5.74, 6) is 2.03. The Hall–Kier alpha value is -1.40. The number of aromatic nitrogens is 2. The van der Waals surface area contributed by atoms with Crippen LogP contribution in [0.3, 0.4) is 0 Å². The Labute approximate surface area is 113 Å². The van der Waals surface area contributed by atoms with Crippen molar-refractivity contribution < 1.29 is 14.2 Å². The summed E-state index contributed by atoms with van der Waals surface area (Å²) < 4.78 is 16.1. The fourth-order valence-electron chi connectivity index (χ4n) is 1.94. The lowest BCUT2D eigenvalue weighted by Gasteiger charge is -2.13. The molecule has 1 aliphatic rings. The van der Waals surface area contributed by atoms with Gasteiger partial charge in [0.25, 0.3) is 0 Å². The van der Waals surface area contributed by atoms with E-state index in [9.17, 15) is 0 Å². The van der Waals surface area contributed by atoms with Crippen LogP contribution in [0.2, 0.25) is 0 Å². The highest BCUT2D eigenvalue weighted by atomic mass is 16.5. The second-order valence-corrected chi connectivity index (χ2v) is 4.32. The van der Waals surface area contributed by atoms with Crippen molar-refractivity contribution in [3.05, 3.63) is 11.9 Å². The van der Waals surface area contributed by atoms with Crippen LogP contribution in [0.1, 0.15) is 31.7 Å². The van der Waals surface area contributed by atoms with E-state index < -0.39 is 0 Å². The minimum Gasteiger partial charge on any atom is -0.475 e. The summed E-state index contributed by atoms with van der Waals surface area (Å²) in [5.41, 5.74) is 0. The molecule has 1 saturated heterocycles. The van der Waals surface area contributed by atoms with Crippen molar-refractivity contribution in [3.8, 4) is 5.88 Å². The van der Waals surface area contributed by atoms with Crippen LogP contribution >= 0.6 is 0 Å². The molecule has 0 bridgehead atoms. The van der Waals surface area contributed by atoms with Gasteiger partial charge in [0.15, 0.2) is 5.82 Å². The summed E-state index contributed by atoms with van der Waals surface area (Å²) in [6.45, 7) is 4.62. The monoisotopic (exact) mass is 267 g/mol. The molecule has 0 radical (unpaired) electrons. The Morgan fingerprint density at radius 3 is 3.00 bits per heavy atom. The first-order valence-corrected chi connectivity index (χ1v) is 6.69. The van der Waals surface area contributed by atoms with Crippen LogP contribution in [-0.4, -0.2) is 43.4 Å². The molecule has 1 N–H and O–H groups in total. The van der Waals surface area contributed by atoms with Gasteiger partial charge in [-0.15, -0.1) is 0 Å². The van der Waals surface area contributed by atoms with Crippen LogP contribution in [-0.2, 0) is 9.47 Å². The van der Waals surface area contributed by atoms with Crippen molar-refractivity contribution in [2.75, 3.05) is 38.8 Å². The number of nitrogens with one attached hydrogen (secondary N) is 1. The molecule has 0 spiro atoms. The molecule has 19 heavy (non-hydrogen) atoms. The van der Waals surface area contributed by atoms with Crippen molar-refractivity contribution >= 4 is 5.82 Å². The second kappa shape index (κ2) is 7.25. The summed E-state index contributed by atoms with van der Waals surface area (Å²) >= 11 is 0. The van der Waals surface area contributed by atoms with Crippen molar-refractivity contribution in [1.29, 1.82) is 0 Å². The van der Waals surface area contributed by atoms with Gasteiger partial charge in [-0.25, -0.2) is 4.98 Å². The van der Waals surface area contributed by atoms with E-state index >= 15 is 0 Å². The number of nitrogens with zero attached hydrogens (tertiary/aromatic N) is 2. The third-order valence-electron chi connectivity index (χ3n) is 2.83. The van der Waals surface area contributed by atoms with Gasteiger partial charge in [-0.3, -0.25) is 0 Å². The fourth-order valence-corrected chi connectivity index (χ4v) is 1.94. The Morgan fingerprint density at radius 1 is 1.42 bits per heavy atom. The Morgan fingerprint density at radius 2 is 2.32 bits per heavy atom. The van der Waals surface area contributed by atoms with Gasteiger partial charge in [-0.05, 0) is 19.8 Å². The topological polar surface area (TPSA) is 65.5 Å². The van der Waals surface area contributed by atoms with Gasteiger partial charge in [-0.1, -0.05) is 0 Å². The Bertz CT molecular complexity index is 395. The lowest BCUT2D eigenvalue weighted by atomic mass is 10.2. The molecule has 1 aliphatic heterocycles. The highest BCUT2D eigenvalue weighted by molar-refractivity contribution is 5.38. The van der Waals surface area contributed by atoms with Gasteiger partial charge in [0.1, 0.15) is 18.5 Å². The van der Waals surface area contributed by atoms with E-state index in [1.165, 1.54) is 0 Å². The molecule has 1 aromatic heterocycles. The zero-order chi connectivity index (χ0) is 13.5. The minimum absolute atomic E-state index is 0.0108. The molecule has 0 aliphatic carbocycles. The van der Waals surface area contributed by atoms with Gasteiger partial charge in [0.2, 0.25) is 5.88 Å². The number of hydrogen-bond acceptors (Lipinski definition) is 6. The fraction of sp³-hybridized carbons (Fsp3) is 0.692. The molecule has 1 aromatic rings. The van der Waals surface area contributed by atoms with E-state index in [-0.39, 0.29) is 6.10 Å². The first-order valence-electron chi connectivity index (χ1n) is 6.69. The van der Waals surface area contributed by atoms with E-state index in [2.05, 4.69) is 15.3 Å². The van der Waals surface area contributed by atoms with Crippen LogP contribution in [0.25, 0.3) is 0 Å². The first kappa shape index (κ1) is 14.0. The smallest absolute Gasteiger partial charge is 0.218 e. The largest absolute Gasteiger partial charge is 0.475 e. The second-order valence-electron chi connectivity index (χ2n) is 4.32. The first-order chi connectivity index (χ1) is 9.33. The van der Waals surface area contributed by atoms with Crippen LogP contribution in [0.15, 0.2) is 6.07 Å². The molecular weight excluding hydrogens is 246 g/mol. The van der Waals surface area contributed by atoms with E-state index in [1.807, 2.05) is 6.92 Å². The van der Waals surface area contributed by atoms with Gasteiger partial charge in [0, 0.05) is 26.3 Å². The van der Waals surface area contributed by atoms with E-state index in [0.717, 1.165) is 31.8 Å². The number of methoxy groups -OCH3 is 1. The van der Waals surface area contributed by atoms with Crippen LogP contribution in [0.4, 0.5) is 5.82 Å². The molecule has 1 unspecified atom stereocenters. The molecule has 1 atom stereocenters. The summed E-state index contributed by atoms with van der Waals surface area (Å²) in [6.07, 6.45) is 2.01. The molecule has 2 heterocycles. The molecular formula is C13H21N3O3. The maximum Gasteiger partial charge on any atom is 0.218 e. The molecule has 106 valence electrons.